The van der Waals surface area contributed by atoms with E-state index in [9.17, 15) is 18.0 Å². The van der Waals surface area contributed by atoms with E-state index in [1.807, 2.05) is 0 Å². The lowest BCUT2D eigenvalue weighted by molar-refractivity contribution is -0.136. The Kier molecular flexibility index (Phi) is 10.5. The number of halogens is 2. The van der Waals surface area contributed by atoms with Crippen molar-refractivity contribution < 1.29 is 23.1 Å². The van der Waals surface area contributed by atoms with Crippen molar-refractivity contribution in [2.24, 2.45) is 10.9 Å². The Hall–Kier alpha value is -3.38. The quantitative estimate of drug-likeness (QED) is 0.0822. The molecule has 0 fully saturated rings. The first-order valence-corrected chi connectivity index (χ1v) is 12.7. The van der Waals surface area contributed by atoms with Gasteiger partial charge in [-0.25, -0.2) is 8.42 Å². The van der Waals surface area contributed by atoms with Gasteiger partial charge in [-0.15, -0.1) is 0 Å². The summed E-state index contributed by atoms with van der Waals surface area (Å²) in [5.74, 6) is 3.89. The molecule has 192 valence electrons. The molecule has 13 heteroatoms. The summed E-state index contributed by atoms with van der Waals surface area (Å²) in [7, 11) is -3.99. The fraction of sp³-hybridized carbons (Fsp3) is 0.174. The summed E-state index contributed by atoms with van der Waals surface area (Å²) >= 11 is 12.3. The highest BCUT2D eigenvalue weighted by Gasteiger charge is 2.32. The largest absolute Gasteiger partial charge is 0.481 e. The zero-order valence-corrected chi connectivity index (χ0v) is 21.4. The number of anilines is 2. The summed E-state index contributed by atoms with van der Waals surface area (Å²) in [6.07, 6.45) is 6.48. The molecule has 2 aromatic carbocycles. The highest BCUT2D eigenvalue weighted by molar-refractivity contribution is 7.89. The molecule has 1 atom stereocenters. The maximum atomic E-state index is 12.8. The third-order valence-electron chi connectivity index (χ3n) is 4.50. The lowest BCUT2D eigenvalue weighted by atomic mass is 10.1. The number of rotatable bonds is 8. The summed E-state index contributed by atoms with van der Waals surface area (Å²) in [6.45, 7) is 1.60. The van der Waals surface area contributed by atoms with E-state index in [-0.39, 0.29) is 17.7 Å². The van der Waals surface area contributed by atoms with Crippen molar-refractivity contribution in [3.8, 4) is 0 Å². The molecule has 0 bridgehead atoms. The molecule has 2 aromatic rings. The normalized spacial score (nSPS) is 17.0. The zero-order valence-electron chi connectivity index (χ0n) is 19.1. The number of aliphatic carboxylic acids is 1. The summed E-state index contributed by atoms with van der Waals surface area (Å²) < 4.78 is 28.1. The van der Waals surface area contributed by atoms with Crippen molar-refractivity contribution in [2.75, 3.05) is 10.6 Å². The smallest absolute Gasteiger partial charge is 0.303 e. The summed E-state index contributed by atoms with van der Waals surface area (Å²) in [6, 6.07) is 12.5. The summed E-state index contributed by atoms with van der Waals surface area (Å²) in [5, 5.41) is 16.9. The SMILES string of the molecule is CCC(=O)O.NN=CNc1cccc(C(=O)Nc2cccc(S(=O)(=O)NC3(Cl)C=C(Cl)C=CC3)c2)c1. The molecule has 0 saturated carbocycles. The lowest BCUT2D eigenvalue weighted by Gasteiger charge is -2.26. The van der Waals surface area contributed by atoms with Crippen molar-refractivity contribution in [1.29, 1.82) is 0 Å². The number of carboxylic acids is 1. The van der Waals surface area contributed by atoms with Crippen LogP contribution in [-0.4, -0.2) is 36.7 Å². The Labute approximate surface area is 218 Å². The molecule has 1 aliphatic rings. The molecular weight excluding hydrogens is 529 g/mol. The molecule has 3 rings (SSSR count). The van der Waals surface area contributed by atoms with Crippen LogP contribution < -0.4 is 21.2 Å². The van der Waals surface area contributed by atoms with Gasteiger partial charge in [0.05, 0.1) is 4.90 Å². The Morgan fingerprint density at radius 1 is 1.19 bits per heavy atom. The van der Waals surface area contributed by atoms with Crippen LogP contribution in [0.15, 0.2) is 81.8 Å². The number of carbonyl (C=O) groups excluding carboxylic acids is 1. The summed E-state index contributed by atoms with van der Waals surface area (Å²) in [5.41, 5.74) is 1.27. The van der Waals surface area contributed by atoms with Crippen LogP contribution in [0.5, 0.6) is 0 Å². The van der Waals surface area contributed by atoms with Gasteiger partial charge >= 0.3 is 5.97 Å². The average Bonchev–Trinajstić information content (AvgIpc) is 2.82. The van der Waals surface area contributed by atoms with Crippen LogP contribution in [0.1, 0.15) is 30.1 Å². The molecule has 10 nitrogen and oxygen atoms in total. The van der Waals surface area contributed by atoms with Gasteiger partial charge in [0.25, 0.3) is 5.91 Å². The molecule has 0 saturated heterocycles. The second kappa shape index (κ2) is 13.1. The van der Waals surface area contributed by atoms with Crippen LogP contribution in [0, 0.1) is 0 Å². The fourth-order valence-corrected chi connectivity index (χ4v) is 4.92. The van der Waals surface area contributed by atoms with Crippen molar-refractivity contribution in [3.05, 3.63) is 77.4 Å². The molecule has 0 radical (unpaired) electrons. The monoisotopic (exact) mass is 553 g/mol. The van der Waals surface area contributed by atoms with E-state index in [1.165, 1.54) is 30.6 Å². The van der Waals surface area contributed by atoms with Gasteiger partial charge in [-0.2, -0.15) is 9.82 Å². The van der Waals surface area contributed by atoms with Gasteiger partial charge in [0.2, 0.25) is 10.0 Å². The molecule has 1 aliphatic carbocycles. The molecule has 6 N–H and O–H groups in total. The number of sulfonamides is 1. The van der Waals surface area contributed by atoms with Crippen molar-refractivity contribution >= 4 is 62.8 Å². The molecule has 0 heterocycles. The predicted molar refractivity (Wildman–Crippen MR) is 142 cm³/mol. The van der Waals surface area contributed by atoms with Gasteiger partial charge in [0.1, 0.15) is 11.3 Å². The van der Waals surface area contributed by atoms with E-state index in [0.29, 0.717) is 22.0 Å². The second-order valence-electron chi connectivity index (χ2n) is 7.34. The van der Waals surface area contributed by atoms with Crippen LogP contribution >= 0.6 is 23.2 Å². The molecule has 36 heavy (non-hydrogen) atoms. The maximum Gasteiger partial charge on any atom is 0.303 e. The van der Waals surface area contributed by atoms with Crippen LogP contribution in [-0.2, 0) is 14.8 Å². The third-order valence-corrected chi connectivity index (χ3v) is 6.71. The minimum absolute atomic E-state index is 0.0565. The van der Waals surface area contributed by atoms with Gasteiger partial charge in [0, 0.05) is 34.8 Å². The first-order valence-electron chi connectivity index (χ1n) is 10.5. The number of benzene rings is 2. The number of amides is 1. The number of allylic oxidation sites excluding steroid dienone is 2. The Bertz CT molecular complexity index is 1300. The number of hydrazone groups is 1. The highest BCUT2D eigenvalue weighted by atomic mass is 35.5. The minimum Gasteiger partial charge on any atom is -0.481 e. The van der Waals surface area contributed by atoms with E-state index < -0.39 is 26.9 Å². The number of hydrogen-bond acceptors (Lipinski definition) is 6. The molecule has 0 aromatic heterocycles. The predicted octanol–water partition coefficient (Wildman–Crippen LogP) is 4.03. The number of hydrogen-bond donors (Lipinski definition) is 5. The number of nitrogens with one attached hydrogen (secondary N) is 3. The van der Waals surface area contributed by atoms with Crippen LogP contribution in [0.3, 0.4) is 0 Å². The average molecular weight is 554 g/mol. The zero-order chi connectivity index (χ0) is 26.8. The van der Waals surface area contributed by atoms with E-state index in [1.54, 1.807) is 49.4 Å². The maximum absolute atomic E-state index is 12.8. The first kappa shape index (κ1) is 28.9. The minimum atomic E-state index is -3.99. The van der Waals surface area contributed by atoms with Crippen molar-refractivity contribution in [1.82, 2.24) is 4.72 Å². The van der Waals surface area contributed by atoms with Crippen molar-refractivity contribution in [3.63, 3.8) is 0 Å². The van der Waals surface area contributed by atoms with E-state index in [0.717, 1.165) is 0 Å². The topological polar surface area (TPSA) is 163 Å². The van der Waals surface area contributed by atoms with Gasteiger partial charge < -0.3 is 21.6 Å². The second-order valence-corrected chi connectivity index (χ2v) is 10.1. The van der Waals surface area contributed by atoms with Crippen LogP contribution in [0.25, 0.3) is 0 Å². The first-order chi connectivity index (χ1) is 17.0. The molecule has 0 spiro atoms. The lowest BCUT2D eigenvalue weighted by Crippen LogP contribution is -2.42. The summed E-state index contributed by atoms with van der Waals surface area (Å²) in [4.78, 5) is 20.5. The fourth-order valence-electron chi connectivity index (χ4n) is 2.83. The van der Waals surface area contributed by atoms with Crippen molar-refractivity contribution in [2.45, 2.75) is 29.7 Å². The van der Waals surface area contributed by atoms with E-state index in [2.05, 4.69) is 20.5 Å². The van der Waals surface area contributed by atoms with E-state index in [4.69, 9.17) is 34.2 Å². The molecular formula is C23H25Cl2N5O5S. The van der Waals surface area contributed by atoms with Crippen LogP contribution in [0.2, 0.25) is 0 Å². The Balaban J connectivity index is 0.000000830. The number of carboxylic acid groups (broad SMARTS) is 1. The number of carbonyl (C=O) groups is 2. The molecule has 1 amide bonds. The van der Waals surface area contributed by atoms with Crippen LogP contribution in [0.4, 0.5) is 11.4 Å². The van der Waals surface area contributed by atoms with Gasteiger partial charge in [0.15, 0.2) is 0 Å². The van der Waals surface area contributed by atoms with Gasteiger partial charge in [-0.1, -0.05) is 48.3 Å². The van der Waals surface area contributed by atoms with E-state index >= 15 is 0 Å². The molecule has 1 unspecified atom stereocenters. The number of nitrogens with two attached hydrogens (primary N) is 1. The third kappa shape index (κ3) is 9.00. The Morgan fingerprint density at radius 3 is 2.50 bits per heavy atom. The molecule has 0 aliphatic heterocycles. The van der Waals surface area contributed by atoms with Gasteiger partial charge in [-0.3, -0.25) is 9.59 Å². The standard InChI is InChI=1S/C20H19Cl2N5O3S.C3H6O2/c21-15-5-3-9-20(22,12-15)27-31(29,30)18-8-2-7-17(11-18)26-19(28)14-4-1-6-16(10-14)24-13-25-23;1-2-3(4)5/h1-8,10-13,27H,9,23H2,(H,24,25)(H,26,28);2H2,1H3,(H,4,5). The highest BCUT2D eigenvalue weighted by Crippen LogP contribution is 2.29. The van der Waals surface area contributed by atoms with Gasteiger partial charge in [-0.05, 0) is 48.6 Å². The number of alkyl halides is 1. The Morgan fingerprint density at radius 2 is 1.86 bits per heavy atom. The number of nitrogens with zero attached hydrogens (tertiary/aromatic N) is 1.